The van der Waals surface area contributed by atoms with E-state index in [1.165, 1.54) is 12.1 Å². The van der Waals surface area contributed by atoms with E-state index < -0.39 is 23.4 Å². The number of aromatic nitrogens is 2. The number of halogens is 3. The van der Waals surface area contributed by atoms with Gasteiger partial charge in [-0.2, -0.15) is 0 Å². The number of carbonyl (C=O) groups excluding carboxylic acids is 1. The van der Waals surface area contributed by atoms with E-state index in [2.05, 4.69) is 20.6 Å². The molecular formula is C21H24ClF2N5O5. The number of benzene rings is 1. The molecule has 0 aliphatic carbocycles. The number of carboxylic acid groups (broad SMARTS) is 2. The van der Waals surface area contributed by atoms with E-state index in [-0.39, 0.29) is 43.4 Å². The lowest BCUT2D eigenvalue weighted by Gasteiger charge is -2.36. The Hall–Kier alpha value is -3.38. The van der Waals surface area contributed by atoms with Crippen molar-refractivity contribution in [2.24, 2.45) is 0 Å². The molecule has 1 amide bonds. The predicted molar refractivity (Wildman–Crippen MR) is 119 cm³/mol. The predicted octanol–water partition coefficient (Wildman–Crippen LogP) is 2.20. The standard InChI is InChI=1S/C19H22ClF2N5O.C2H2O4/c1-23-16-4-7-25-17(26-16)11-24-12-19(22)5-8-27(9-6-19)18(28)13-2-3-15(21)14(20)10-13;3-1(4)2(5)6/h2-4,7,10,24H,5-6,8-9,11-12H2,1H3,(H,23,25,26);(H,3,4)(H,5,6). The molecule has 1 aliphatic rings. The second-order valence-corrected chi connectivity index (χ2v) is 7.80. The molecule has 0 unspecified atom stereocenters. The van der Waals surface area contributed by atoms with Crippen LogP contribution in [0.1, 0.15) is 29.0 Å². The number of aliphatic carboxylic acids is 2. The maximum absolute atomic E-state index is 15.1. The van der Waals surface area contributed by atoms with Crippen LogP contribution in [-0.2, 0) is 16.1 Å². The number of carboxylic acids is 2. The Morgan fingerprint density at radius 1 is 1.18 bits per heavy atom. The zero-order chi connectivity index (χ0) is 25.3. The molecule has 0 radical (unpaired) electrons. The molecule has 10 nitrogen and oxygen atoms in total. The molecule has 34 heavy (non-hydrogen) atoms. The number of anilines is 1. The number of nitrogens with one attached hydrogen (secondary N) is 2. The van der Waals surface area contributed by atoms with Crippen molar-refractivity contribution in [1.82, 2.24) is 20.2 Å². The second-order valence-electron chi connectivity index (χ2n) is 7.39. The van der Waals surface area contributed by atoms with E-state index in [1.54, 1.807) is 24.2 Å². The zero-order valence-electron chi connectivity index (χ0n) is 18.2. The van der Waals surface area contributed by atoms with Gasteiger partial charge in [-0.3, -0.25) is 4.79 Å². The van der Waals surface area contributed by atoms with Crippen molar-refractivity contribution in [3.8, 4) is 0 Å². The summed E-state index contributed by atoms with van der Waals surface area (Å²) in [7, 11) is 1.77. The molecule has 1 aliphatic heterocycles. The third-order valence-electron chi connectivity index (χ3n) is 4.98. The number of likely N-dealkylation sites (tertiary alicyclic amines) is 1. The van der Waals surface area contributed by atoms with Gasteiger partial charge in [0.2, 0.25) is 0 Å². The summed E-state index contributed by atoms with van der Waals surface area (Å²) in [5.74, 6) is -3.21. The van der Waals surface area contributed by atoms with Gasteiger partial charge in [0.25, 0.3) is 5.91 Å². The molecule has 0 saturated carbocycles. The topological polar surface area (TPSA) is 145 Å². The highest BCUT2D eigenvalue weighted by atomic mass is 35.5. The molecule has 2 heterocycles. The normalized spacial score (nSPS) is 14.5. The summed E-state index contributed by atoms with van der Waals surface area (Å²) < 4.78 is 28.3. The third kappa shape index (κ3) is 7.89. The fourth-order valence-electron chi connectivity index (χ4n) is 3.12. The smallest absolute Gasteiger partial charge is 0.414 e. The van der Waals surface area contributed by atoms with E-state index in [1.807, 2.05) is 0 Å². The van der Waals surface area contributed by atoms with Gasteiger partial charge in [0.15, 0.2) is 0 Å². The summed E-state index contributed by atoms with van der Waals surface area (Å²) in [6.45, 7) is 1.10. The molecule has 1 aromatic heterocycles. The summed E-state index contributed by atoms with van der Waals surface area (Å²) in [6, 6.07) is 5.61. The minimum Gasteiger partial charge on any atom is -0.473 e. The van der Waals surface area contributed by atoms with E-state index >= 15 is 4.39 Å². The molecule has 184 valence electrons. The number of hydrogen-bond donors (Lipinski definition) is 4. The molecule has 2 aromatic rings. The number of nitrogens with zero attached hydrogens (tertiary/aromatic N) is 3. The summed E-state index contributed by atoms with van der Waals surface area (Å²) in [4.78, 5) is 40.7. The van der Waals surface area contributed by atoms with Crippen LogP contribution in [0.3, 0.4) is 0 Å². The molecule has 13 heteroatoms. The van der Waals surface area contributed by atoms with Crippen molar-refractivity contribution >= 4 is 35.3 Å². The average molecular weight is 500 g/mol. The van der Waals surface area contributed by atoms with Gasteiger partial charge in [-0.25, -0.2) is 28.3 Å². The maximum Gasteiger partial charge on any atom is 0.414 e. The Balaban J connectivity index is 0.000000604. The quantitative estimate of drug-likeness (QED) is 0.439. The van der Waals surface area contributed by atoms with Crippen LogP contribution in [0.5, 0.6) is 0 Å². The van der Waals surface area contributed by atoms with Gasteiger partial charge in [0.05, 0.1) is 11.6 Å². The van der Waals surface area contributed by atoms with Crippen LogP contribution in [0.25, 0.3) is 0 Å². The monoisotopic (exact) mass is 499 g/mol. The van der Waals surface area contributed by atoms with Crippen LogP contribution >= 0.6 is 11.6 Å². The van der Waals surface area contributed by atoms with E-state index in [0.717, 1.165) is 6.07 Å². The average Bonchev–Trinajstić information content (AvgIpc) is 2.81. The lowest BCUT2D eigenvalue weighted by Crippen LogP contribution is -2.48. The Morgan fingerprint density at radius 3 is 2.38 bits per heavy atom. The van der Waals surface area contributed by atoms with Gasteiger partial charge in [-0.05, 0) is 24.3 Å². The van der Waals surface area contributed by atoms with Gasteiger partial charge in [0.1, 0.15) is 23.1 Å². The van der Waals surface area contributed by atoms with E-state index in [4.69, 9.17) is 31.4 Å². The van der Waals surface area contributed by atoms with Gasteiger partial charge in [-0.15, -0.1) is 0 Å². The first kappa shape index (κ1) is 26.9. The first-order valence-electron chi connectivity index (χ1n) is 10.1. The van der Waals surface area contributed by atoms with E-state index in [9.17, 15) is 9.18 Å². The molecule has 0 bridgehead atoms. The molecule has 1 fully saturated rings. The second kappa shape index (κ2) is 12.2. The lowest BCUT2D eigenvalue weighted by atomic mass is 9.92. The Labute approximate surface area is 199 Å². The summed E-state index contributed by atoms with van der Waals surface area (Å²) in [5.41, 5.74) is -1.10. The highest BCUT2D eigenvalue weighted by molar-refractivity contribution is 6.31. The minimum atomic E-state index is -1.82. The van der Waals surface area contributed by atoms with Crippen molar-refractivity contribution in [2.45, 2.75) is 25.1 Å². The van der Waals surface area contributed by atoms with Crippen LogP contribution in [0, 0.1) is 5.82 Å². The molecular weight excluding hydrogens is 476 g/mol. The molecule has 3 rings (SSSR count). The molecule has 0 spiro atoms. The van der Waals surface area contributed by atoms with Crippen molar-refractivity contribution in [2.75, 3.05) is 32.0 Å². The number of amides is 1. The lowest BCUT2D eigenvalue weighted by molar-refractivity contribution is -0.159. The molecule has 0 atom stereocenters. The highest BCUT2D eigenvalue weighted by Gasteiger charge is 2.36. The Morgan fingerprint density at radius 2 is 1.82 bits per heavy atom. The SMILES string of the molecule is CNc1ccnc(CNCC2(F)CCN(C(=O)c3ccc(F)c(Cl)c3)CC2)n1.O=C(O)C(=O)O. The van der Waals surface area contributed by atoms with Crippen LogP contribution in [-0.4, -0.2) is 75.3 Å². The fourth-order valence-corrected chi connectivity index (χ4v) is 3.30. The van der Waals surface area contributed by atoms with E-state index in [0.29, 0.717) is 23.8 Å². The van der Waals surface area contributed by atoms with Crippen LogP contribution in [0.15, 0.2) is 30.5 Å². The molecule has 1 aromatic carbocycles. The van der Waals surface area contributed by atoms with Crippen LogP contribution in [0.4, 0.5) is 14.6 Å². The molecule has 4 N–H and O–H groups in total. The van der Waals surface area contributed by atoms with Crippen molar-refractivity contribution in [3.63, 3.8) is 0 Å². The highest BCUT2D eigenvalue weighted by Crippen LogP contribution is 2.27. The van der Waals surface area contributed by atoms with Crippen molar-refractivity contribution in [3.05, 3.63) is 52.7 Å². The summed E-state index contributed by atoms with van der Waals surface area (Å²) >= 11 is 5.74. The number of carbonyl (C=O) groups is 3. The summed E-state index contributed by atoms with van der Waals surface area (Å²) in [6.07, 6.45) is 2.09. The summed E-state index contributed by atoms with van der Waals surface area (Å²) in [5, 5.41) is 20.7. The van der Waals surface area contributed by atoms with Gasteiger partial charge >= 0.3 is 11.9 Å². The number of rotatable bonds is 6. The molecule has 1 saturated heterocycles. The van der Waals surface area contributed by atoms with Crippen LogP contribution < -0.4 is 10.6 Å². The number of alkyl halides is 1. The third-order valence-corrected chi connectivity index (χ3v) is 5.27. The van der Waals surface area contributed by atoms with Gasteiger partial charge in [-0.1, -0.05) is 11.6 Å². The maximum atomic E-state index is 15.1. The fraction of sp³-hybridized carbons (Fsp3) is 0.381. The Bertz CT molecular complexity index is 1020. The van der Waals surface area contributed by atoms with Crippen molar-refractivity contribution < 1.29 is 33.4 Å². The first-order valence-corrected chi connectivity index (χ1v) is 10.5. The number of piperidine rings is 1. The zero-order valence-corrected chi connectivity index (χ0v) is 19.0. The number of hydrogen-bond acceptors (Lipinski definition) is 7. The van der Waals surface area contributed by atoms with Gasteiger partial charge in [0, 0.05) is 51.3 Å². The van der Waals surface area contributed by atoms with Crippen molar-refractivity contribution in [1.29, 1.82) is 0 Å². The first-order chi connectivity index (χ1) is 16.0. The van der Waals surface area contributed by atoms with Gasteiger partial charge < -0.3 is 25.7 Å². The minimum absolute atomic E-state index is 0.101. The van der Waals surface area contributed by atoms with Crippen LogP contribution in [0.2, 0.25) is 5.02 Å². The Kier molecular flexibility index (Phi) is 9.63. The largest absolute Gasteiger partial charge is 0.473 e.